The Balaban J connectivity index is 1.51. The number of pyridine rings is 1. The second-order valence-corrected chi connectivity index (χ2v) is 7.68. The van der Waals surface area contributed by atoms with Crippen LogP contribution in [0, 0.1) is 22.9 Å². The van der Waals surface area contributed by atoms with Crippen molar-refractivity contribution in [2.24, 2.45) is 0 Å². The van der Waals surface area contributed by atoms with Gasteiger partial charge in [-0.2, -0.15) is 4.39 Å². The van der Waals surface area contributed by atoms with Crippen molar-refractivity contribution >= 4 is 46.0 Å². The maximum atomic E-state index is 13.5. The maximum absolute atomic E-state index is 13.5. The average molecular weight is 450 g/mol. The molecule has 0 aliphatic rings. The highest BCUT2D eigenvalue weighted by Crippen LogP contribution is 2.27. The van der Waals surface area contributed by atoms with Crippen molar-refractivity contribution in [2.45, 2.75) is 16.8 Å². The number of carbonyl (C=O) groups is 1. The Bertz CT molecular complexity index is 1340. The zero-order valence-corrected chi connectivity index (χ0v) is 17.4. The lowest BCUT2D eigenvalue weighted by Gasteiger charge is -2.11. The summed E-state index contributed by atoms with van der Waals surface area (Å²) < 4.78 is 13.5. The molecule has 4 rings (SSSR count). The third kappa shape index (κ3) is 4.78. The van der Waals surface area contributed by atoms with E-state index in [0.29, 0.717) is 27.6 Å². The summed E-state index contributed by atoms with van der Waals surface area (Å²) in [6.45, 7) is 1.70. The fourth-order valence-corrected chi connectivity index (χ4v) is 3.59. The number of rotatable bonds is 5. The molecule has 0 saturated heterocycles. The van der Waals surface area contributed by atoms with Crippen LogP contribution in [0.15, 0.2) is 70.7 Å². The minimum absolute atomic E-state index is 0.0735. The van der Waals surface area contributed by atoms with Crippen LogP contribution in [0.25, 0.3) is 11.2 Å². The highest BCUT2D eigenvalue weighted by atomic mass is 32.2. The maximum Gasteiger partial charge on any atom is 0.323 e. The van der Waals surface area contributed by atoms with Crippen LogP contribution in [0.2, 0.25) is 0 Å². The second-order valence-electron chi connectivity index (χ2n) is 6.59. The van der Waals surface area contributed by atoms with Gasteiger partial charge in [0.2, 0.25) is 5.82 Å². The van der Waals surface area contributed by atoms with Crippen LogP contribution in [-0.2, 0) is 0 Å². The molecule has 0 fully saturated rings. The lowest BCUT2D eigenvalue weighted by atomic mass is 10.2. The van der Waals surface area contributed by atoms with Gasteiger partial charge in [0.25, 0.3) is 0 Å². The van der Waals surface area contributed by atoms with Crippen molar-refractivity contribution < 1.29 is 14.1 Å². The molecule has 2 N–H and O–H groups in total. The van der Waals surface area contributed by atoms with Crippen molar-refractivity contribution in [3.63, 3.8) is 0 Å². The normalized spacial score (nSPS) is 10.7. The Hall–Kier alpha value is -4.12. The molecule has 2 amide bonds. The number of carbonyl (C=O) groups excluding carboxylic acids is 1. The zero-order chi connectivity index (χ0) is 22.7. The number of aryl methyl sites for hydroxylation is 1. The molecule has 2 aromatic heterocycles. The first-order chi connectivity index (χ1) is 15.4. The number of benzene rings is 2. The number of nitro groups is 1. The van der Waals surface area contributed by atoms with Crippen molar-refractivity contribution in [1.82, 2.24) is 15.0 Å². The van der Waals surface area contributed by atoms with Gasteiger partial charge in [-0.05, 0) is 37.3 Å². The molecular weight excluding hydrogens is 435 g/mol. The fraction of sp³-hybridized carbons (Fsp3) is 0.0476. The number of anilines is 2. The predicted octanol–water partition coefficient (Wildman–Crippen LogP) is 5.18. The van der Waals surface area contributed by atoms with Crippen molar-refractivity contribution in [2.75, 3.05) is 10.6 Å². The minimum Gasteiger partial charge on any atom is -0.307 e. The van der Waals surface area contributed by atoms with E-state index in [4.69, 9.17) is 0 Å². The second kappa shape index (κ2) is 8.94. The fourth-order valence-electron chi connectivity index (χ4n) is 2.82. The quantitative estimate of drug-likeness (QED) is 0.317. The standard InChI is InChI=1S/C21H15FN6O3S/c1-12-16(26-21(29)25-13-7-8-15(22)18(9-13)28(30)31)10-17-20(24-12)27-19(11-23-17)32-14-5-3-2-4-6-14/h2-11H,1H3,(H2,25,26,29). The molecule has 9 nitrogen and oxygen atoms in total. The molecule has 160 valence electrons. The van der Waals surface area contributed by atoms with Crippen LogP contribution in [-0.4, -0.2) is 25.9 Å². The summed E-state index contributed by atoms with van der Waals surface area (Å²) in [6, 6.07) is 13.8. The molecule has 0 saturated carbocycles. The zero-order valence-electron chi connectivity index (χ0n) is 16.6. The number of hydrogen-bond acceptors (Lipinski definition) is 7. The van der Waals surface area contributed by atoms with E-state index in [9.17, 15) is 19.3 Å². The molecule has 2 heterocycles. The lowest BCUT2D eigenvalue weighted by molar-refractivity contribution is -0.387. The Morgan fingerprint density at radius 3 is 2.62 bits per heavy atom. The van der Waals surface area contributed by atoms with Gasteiger partial charge in [0, 0.05) is 16.6 Å². The molecule has 11 heteroatoms. The molecule has 0 atom stereocenters. The first-order valence-corrected chi connectivity index (χ1v) is 10.1. The van der Waals surface area contributed by atoms with Crippen LogP contribution in [0.1, 0.15) is 5.69 Å². The van der Waals surface area contributed by atoms with Gasteiger partial charge < -0.3 is 10.6 Å². The first kappa shape index (κ1) is 21.1. The third-order valence-corrected chi connectivity index (χ3v) is 5.23. The van der Waals surface area contributed by atoms with Crippen LogP contribution in [0.4, 0.5) is 26.2 Å². The highest BCUT2D eigenvalue weighted by molar-refractivity contribution is 7.99. The van der Waals surface area contributed by atoms with Crippen molar-refractivity contribution in [1.29, 1.82) is 0 Å². The average Bonchev–Trinajstić information content (AvgIpc) is 2.76. The number of amides is 2. The van der Waals surface area contributed by atoms with E-state index < -0.39 is 22.5 Å². The number of urea groups is 1. The number of aromatic nitrogens is 3. The van der Waals surface area contributed by atoms with Gasteiger partial charge in [-0.15, -0.1) is 0 Å². The molecule has 32 heavy (non-hydrogen) atoms. The summed E-state index contributed by atoms with van der Waals surface area (Å²) in [7, 11) is 0. The molecule has 0 aliphatic heterocycles. The van der Waals surface area contributed by atoms with Crippen LogP contribution in [0.5, 0.6) is 0 Å². The molecule has 4 aromatic rings. The summed E-state index contributed by atoms with van der Waals surface area (Å²) in [5.41, 5.74) is 1.16. The lowest BCUT2D eigenvalue weighted by Crippen LogP contribution is -2.20. The van der Waals surface area contributed by atoms with E-state index in [0.717, 1.165) is 17.0 Å². The van der Waals surface area contributed by atoms with E-state index in [1.54, 1.807) is 19.2 Å². The number of nitro benzene ring substituents is 1. The molecule has 0 spiro atoms. The Kier molecular flexibility index (Phi) is 5.90. The van der Waals surface area contributed by atoms with Crippen molar-refractivity contribution in [3.05, 3.63) is 82.4 Å². The Morgan fingerprint density at radius 2 is 1.88 bits per heavy atom. The summed E-state index contributed by atoms with van der Waals surface area (Å²) in [5.74, 6) is -0.987. The van der Waals surface area contributed by atoms with E-state index >= 15 is 0 Å². The number of halogens is 1. The number of nitrogens with zero attached hydrogens (tertiary/aromatic N) is 4. The van der Waals surface area contributed by atoms with Gasteiger partial charge in [0.15, 0.2) is 5.65 Å². The predicted molar refractivity (Wildman–Crippen MR) is 118 cm³/mol. The van der Waals surface area contributed by atoms with E-state index in [1.807, 2.05) is 30.3 Å². The van der Waals surface area contributed by atoms with Crippen LogP contribution >= 0.6 is 11.8 Å². The SMILES string of the molecule is Cc1nc2nc(Sc3ccccc3)cnc2cc1NC(=O)Nc1ccc(F)c([N+](=O)[O-])c1. The van der Waals surface area contributed by atoms with Gasteiger partial charge in [-0.3, -0.25) is 10.1 Å². The van der Waals surface area contributed by atoms with Crippen LogP contribution < -0.4 is 10.6 Å². The molecule has 0 unspecified atom stereocenters. The third-order valence-electron chi connectivity index (χ3n) is 4.32. The highest BCUT2D eigenvalue weighted by Gasteiger charge is 2.16. The van der Waals surface area contributed by atoms with Gasteiger partial charge in [0.05, 0.1) is 22.5 Å². The molecule has 0 radical (unpaired) electrons. The van der Waals surface area contributed by atoms with Crippen LogP contribution in [0.3, 0.4) is 0 Å². The van der Waals surface area contributed by atoms with Gasteiger partial charge in [-0.25, -0.2) is 19.7 Å². The summed E-state index contributed by atoms with van der Waals surface area (Å²) >= 11 is 1.46. The summed E-state index contributed by atoms with van der Waals surface area (Å²) in [6.07, 6.45) is 1.62. The first-order valence-electron chi connectivity index (χ1n) is 9.28. The molecule has 0 aliphatic carbocycles. The molecule has 2 aromatic carbocycles. The van der Waals surface area contributed by atoms with Gasteiger partial charge in [-0.1, -0.05) is 30.0 Å². The largest absolute Gasteiger partial charge is 0.323 e. The number of hydrogen-bond donors (Lipinski definition) is 2. The Morgan fingerprint density at radius 1 is 1.09 bits per heavy atom. The van der Waals surface area contributed by atoms with E-state index in [1.165, 1.54) is 17.8 Å². The monoisotopic (exact) mass is 450 g/mol. The van der Waals surface area contributed by atoms with Gasteiger partial charge in [0.1, 0.15) is 10.5 Å². The topological polar surface area (TPSA) is 123 Å². The van der Waals surface area contributed by atoms with Crippen molar-refractivity contribution in [3.8, 4) is 0 Å². The van der Waals surface area contributed by atoms with E-state index in [-0.39, 0.29) is 5.69 Å². The number of fused-ring (bicyclic) bond motifs is 1. The minimum atomic E-state index is -0.987. The summed E-state index contributed by atoms with van der Waals surface area (Å²) in [4.78, 5) is 36.7. The molecular formula is C21H15FN6O3S. The Labute approximate surface area is 185 Å². The van der Waals surface area contributed by atoms with E-state index in [2.05, 4.69) is 25.6 Å². The number of nitrogens with one attached hydrogen (secondary N) is 2. The van der Waals surface area contributed by atoms with Gasteiger partial charge >= 0.3 is 11.7 Å². The summed E-state index contributed by atoms with van der Waals surface area (Å²) in [5, 5.41) is 16.6. The molecule has 0 bridgehead atoms. The smallest absolute Gasteiger partial charge is 0.307 e.